The van der Waals surface area contributed by atoms with Crippen molar-refractivity contribution >= 4 is 28.5 Å². The molecule has 4 rings (SSSR count). The van der Waals surface area contributed by atoms with Crippen LogP contribution in [0.15, 0.2) is 54.7 Å². The van der Waals surface area contributed by atoms with Gasteiger partial charge in [0.25, 0.3) is 0 Å². The van der Waals surface area contributed by atoms with Crippen molar-refractivity contribution in [2.45, 2.75) is 20.4 Å². The molecule has 4 aromatic rings. The zero-order valence-electron chi connectivity index (χ0n) is 15.7. The molecule has 2 N–H and O–H groups in total. The normalized spacial score (nSPS) is 10.9. The Balaban J connectivity index is 1.66. The van der Waals surface area contributed by atoms with Gasteiger partial charge in [-0.05, 0) is 42.7 Å². The molecule has 2 heterocycles. The van der Waals surface area contributed by atoms with Gasteiger partial charge < -0.3 is 10.6 Å². The number of aromatic nitrogens is 4. The minimum Gasteiger partial charge on any atom is -0.365 e. The van der Waals surface area contributed by atoms with Crippen LogP contribution in [0.3, 0.4) is 0 Å². The lowest BCUT2D eigenvalue weighted by atomic mass is 10.1. The van der Waals surface area contributed by atoms with Crippen LogP contribution in [0.2, 0.25) is 0 Å². The Hall–Kier alpha value is -3.41. The Morgan fingerprint density at radius 1 is 0.963 bits per heavy atom. The highest BCUT2D eigenvalue weighted by Gasteiger charge is 2.12. The standard InChI is InChI=1S/C21H22N6/c1-14-9-10-17(11-15(14)2)24-21-25-19(18-13-23-27(3)20(18)26-21)22-12-16-7-5-4-6-8-16/h4-11,13H,12H2,1-3H3,(H2,22,24,25,26). The van der Waals surface area contributed by atoms with Crippen LogP contribution in [0, 0.1) is 13.8 Å². The van der Waals surface area contributed by atoms with Crippen molar-refractivity contribution in [1.82, 2.24) is 19.7 Å². The third kappa shape index (κ3) is 3.60. The summed E-state index contributed by atoms with van der Waals surface area (Å²) in [6.07, 6.45) is 1.79. The van der Waals surface area contributed by atoms with E-state index in [0.717, 1.165) is 22.5 Å². The number of anilines is 3. The van der Waals surface area contributed by atoms with Crippen molar-refractivity contribution in [1.29, 1.82) is 0 Å². The molecule has 6 nitrogen and oxygen atoms in total. The highest BCUT2D eigenvalue weighted by Crippen LogP contribution is 2.24. The molecule has 0 spiro atoms. The SMILES string of the molecule is Cc1ccc(Nc2nc(NCc3ccccc3)c3cnn(C)c3n2)cc1C. The van der Waals surface area contributed by atoms with Crippen LogP contribution in [0.25, 0.3) is 11.0 Å². The largest absolute Gasteiger partial charge is 0.365 e. The van der Waals surface area contributed by atoms with Gasteiger partial charge in [0.2, 0.25) is 5.95 Å². The lowest BCUT2D eigenvalue weighted by Gasteiger charge is -2.11. The second-order valence-electron chi connectivity index (χ2n) is 6.66. The first-order valence-electron chi connectivity index (χ1n) is 8.92. The predicted molar refractivity (Wildman–Crippen MR) is 109 cm³/mol. The smallest absolute Gasteiger partial charge is 0.231 e. The average molecular weight is 358 g/mol. The molecule has 6 heteroatoms. The van der Waals surface area contributed by atoms with Gasteiger partial charge in [0, 0.05) is 19.3 Å². The zero-order valence-corrected chi connectivity index (χ0v) is 15.7. The van der Waals surface area contributed by atoms with Crippen molar-refractivity contribution in [3.05, 3.63) is 71.4 Å². The fourth-order valence-electron chi connectivity index (χ4n) is 2.94. The first-order valence-corrected chi connectivity index (χ1v) is 8.92. The van der Waals surface area contributed by atoms with Crippen molar-refractivity contribution in [2.75, 3.05) is 10.6 Å². The van der Waals surface area contributed by atoms with Gasteiger partial charge in [-0.2, -0.15) is 15.1 Å². The van der Waals surface area contributed by atoms with Crippen molar-refractivity contribution in [2.24, 2.45) is 7.05 Å². The predicted octanol–water partition coefficient (Wildman–Crippen LogP) is 4.34. The highest BCUT2D eigenvalue weighted by molar-refractivity contribution is 5.87. The summed E-state index contributed by atoms with van der Waals surface area (Å²) in [6, 6.07) is 16.5. The highest BCUT2D eigenvalue weighted by atomic mass is 15.3. The van der Waals surface area contributed by atoms with E-state index in [1.165, 1.54) is 16.7 Å². The molecular formula is C21H22N6. The number of fused-ring (bicyclic) bond motifs is 1. The third-order valence-electron chi connectivity index (χ3n) is 4.66. The second kappa shape index (κ2) is 7.07. The molecule has 136 valence electrons. The van der Waals surface area contributed by atoms with Gasteiger partial charge >= 0.3 is 0 Å². The summed E-state index contributed by atoms with van der Waals surface area (Å²) in [5, 5.41) is 12.0. The topological polar surface area (TPSA) is 67.7 Å². The van der Waals surface area contributed by atoms with Crippen LogP contribution in [0.4, 0.5) is 17.5 Å². The number of rotatable bonds is 5. The Morgan fingerprint density at radius 3 is 2.56 bits per heavy atom. The van der Waals surface area contributed by atoms with E-state index in [9.17, 15) is 0 Å². The first-order chi connectivity index (χ1) is 13.1. The van der Waals surface area contributed by atoms with E-state index in [-0.39, 0.29) is 0 Å². The Bertz CT molecular complexity index is 1080. The fraction of sp³-hybridized carbons (Fsp3) is 0.190. The summed E-state index contributed by atoms with van der Waals surface area (Å²) in [6.45, 7) is 4.88. The number of nitrogens with one attached hydrogen (secondary N) is 2. The van der Waals surface area contributed by atoms with Crippen LogP contribution in [0.5, 0.6) is 0 Å². The van der Waals surface area contributed by atoms with E-state index in [1.807, 2.05) is 31.3 Å². The number of nitrogens with zero attached hydrogens (tertiary/aromatic N) is 4. The van der Waals surface area contributed by atoms with E-state index < -0.39 is 0 Å². The maximum absolute atomic E-state index is 4.69. The van der Waals surface area contributed by atoms with Crippen LogP contribution < -0.4 is 10.6 Å². The van der Waals surface area contributed by atoms with Gasteiger partial charge in [-0.3, -0.25) is 4.68 Å². The summed E-state index contributed by atoms with van der Waals surface area (Å²) in [5.41, 5.74) is 5.43. The average Bonchev–Trinajstić information content (AvgIpc) is 3.05. The first kappa shape index (κ1) is 17.0. The molecule has 0 unspecified atom stereocenters. The monoisotopic (exact) mass is 358 g/mol. The van der Waals surface area contributed by atoms with Gasteiger partial charge in [0.15, 0.2) is 5.65 Å². The van der Waals surface area contributed by atoms with Crippen LogP contribution in [-0.4, -0.2) is 19.7 Å². The quantitative estimate of drug-likeness (QED) is 0.556. The van der Waals surface area contributed by atoms with Gasteiger partial charge in [-0.25, -0.2) is 0 Å². The molecule has 2 aromatic carbocycles. The van der Waals surface area contributed by atoms with E-state index in [1.54, 1.807) is 10.9 Å². The Labute approximate surface area is 158 Å². The number of hydrogen-bond acceptors (Lipinski definition) is 5. The van der Waals surface area contributed by atoms with Gasteiger partial charge in [0.1, 0.15) is 5.82 Å². The summed E-state index contributed by atoms with van der Waals surface area (Å²) in [7, 11) is 1.89. The summed E-state index contributed by atoms with van der Waals surface area (Å²) in [5.74, 6) is 1.31. The molecule has 0 atom stereocenters. The molecular weight excluding hydrogens is 336 g/mol. The molecule has 0 amide bonds. The van der Waals surface area contributed by atoms with E-state index >= 15 is 0 Å². The van der Waals surface area contributed by atoms with E-state index in [4.69, 9.17) is 4.98 Å². The number of benzene rings is 2. The molecule has 27 heavy (non-hydrogen) atoms. The van der Waals surface area contributed by atoms with Crippen LogP contribution in [-0.2, 0) is 13.6 Å². The molecule has 0 aliphatic carbocycles. The molecule has 0 radical (unpaired) electrons. The molecule has 0 saturated carbocycles. The van der Waals surface area contributed by atoms with Gasteiger partial charge in [-0.1, -0.05) is 36.4 Å². The van der Waals surface area contributed by atoms with E-state index in [2.05, 4.69) is 58.8 Å². The van der Waals surface area contributed by atoms with Gasteiger partial charge in [0.05, 0.1) is 11.6 Å². The molecule has 0 fully saturated rings. The van der Waals surface area contributed by atoms with Gasteiger partial charge in [-0.15, -0.1) is 0 Å². The molecule has 0 aliphatic heterocycles. The summed E-state index contributed by atoms with van der Waals surface area (Å²) in [4.78, 5) is 9.33. The van der Waals surface area contributed by atoms with E-state index in [0.29, 0.717) is 12.5 Å². The third-order valence-corrected chi connectivity index (χ3v) is 4.66. The lowest BCUT2D eigenvalue weighted by molar-refractivity contribution is 0.786. The Kier molecular flexibility index (Phi) is 4.46. The fourth-order valence-corrected chi connectivity index (χ4v) is 2.94. The maximum atomic E-state index is 4.69. The number of aryl methyl sites for hydroxylation is 3. The second-order valence-corrected chi connectivity index (χ2v) is 6.66. The van der Waals surface area contributed by atoms with Crippen molar-refractivity contribution < 1.29 is 0 Å². The molecule has 0 saturated heterocycles. The Morgan fingerprint density at radius 2 is 1.78 bits per heavy atom. The minimum atomic E-state index is 0.546. The van der Waals surface area contributed by atoms with Crippen molar-refractivity contribution in [3.8, 4) is 0 Å². The summed E-state index contributed by atoms with van der Waals surface area (Å²) < 4.78 is 1.76. The molecule has 2 aromatic heterocycles. The van der Waals surface area contributed by atoms with Crippen molar-refractivity contribution in [3.63, 3.8) is 0 Å². The lowest BCUT2D eigenvalue weighted by Crippen LogP contribution is -2.06. The summed E-state index contributed by atoms with van der Waals surface area (Å²) >= 11 is 0. The zero-order chi connectivity index (χ0) is 18.8. The maximum Gasteiger partial charge on any atom is 0.231 e. The molecule has 0 bridgehead atoms. The minimum absolute atomic E-state index is 0.546. The number of hydrogen-bond donors (Lipinski definition) is 2. The van der Waals surface area contributed by atoms with Crippen LogP contribution >= 0.6 is 0 Å². The van der Waals surface area contributed by atoms with Crippen LogP contribution in [0.1, 0.15) is 16.7 Å². The molecule has 0 aliphatic rings.